The number of likely N-dealkylation sites (tertiary alicyclic amines) is 1. The van der Waals surface area contributed by atoms with E-state index in [9.17, 15) is 18.0 Å². The Hall–Kier alpha value is -2.16. The maximum Gasteiger partial charge on any atom is 0.244 e. The van der Waals surface area contributed by atoms with Crippen LogP contribution in [0.3, 0.4) is 0 Å². The third-order valence-electron chi connectivity index (χ3n) is 4.89. The van der Waals surface area contributed by atoms with Gasteiger partial charge >= 0.3 is 0 Å². The van der Waals surface area contributed by atoms with Gasteiger partial charge in [0.15, 0.2) is 0 Å². The van der Waals surface area contributed by atoms with Crippen molar-refractivity contribution in [3.05, 3.63) is 41.4 Å². The van der Waals surface area contributed by atoms with Gasteiger partial charge in [-0.1, -0.05) is 23.7 Å². The van der Waals surface area contributed by atoms with Gasteiger partial charge in [-0.2, -0.15) is 4.72 Å². The monoisotopic (exact) mass is 423 g/mol. The van der Waals surface area contributed by atoms with Crippen LogP contribution in [-0.2, 0) is 19.6 Å². The van der Waals surface area contributed by atoms with Crippen LogP contribution in [0.4, 0.5) is 0 Å². The first-order valence-electron chi connectivity index (χ1n) is 8.83. The molecule has 9 heteroatoms. The molecule has 1 saturated heterocycles. The van der Waals surface area contributed by atoms with Gasteiger partial charge in [-0.3, -0.25) is 9.59 Å². The molecular formula is C19H22ClN3O4S. The molecule has 28 heavy (non-hydrogen) atoms. The van der Waals surface area contributed by atoms with E-state index in [2.05, 4.69) is 4.72 Å². The molecule has 1 aliphatic heterocycles. The maximum atomic E-state index is 12.8. The molecule has 7 nitrogen and oxygen atoms in total. The van der Waals surface area contributed by atoms with Crippen molar-refractivity contribution >= 4 is 44.2 Å². The van der Waals surface area contributed by atoms with Crippen molar-refractivity contribution in [3.63, 3.8) is 0 Å². The Labute approximate surface area is 169 Å². The number of fused-ring (bicyclic) bond motifs is 1. The topological polar surface area (TPSA) is 86.8 Å². The highest BCUT2D eigenvalue weighted by atomic mass is 35.5. The quantitative estimate of drug-likeness (QED) is 0.795. The van der Waals surface area contributed by atoms with Crippen molar-refractivity contribution < 1.29 is 18.0 Å². The second kappa shape index (κ2) is 7.69. The van der Waals surface area contributed by atoms with Crippen molar-refractivity contribution in [2.45, 2.75) is 30.3 Å². The highest BCUT2D eigenvalue weighted by Gasteiger charge is 2.39. The number of likely N-dealkylation sites (N-methyl/N-ethyl adjacent to an activating group) is 1. The molecule has 0 bridgehead atoms. The zero-order valence-corrected chi connectivity index (χ0v) is 17.4. The van der Waals surface area contributed by atoms with Gasteiger partial charge in [0.05, 0.1) is 4.90 Å². The van der Waals surface area contributed by atoms with Crippen molar-refractivity contribution in [1.29, 1.82) is 0 Å². The molecule has 1 aliphatic rings. The van der Waals surface area contributed by atoms with Crippen LogP contribution >= 0.6 is 11.6 Å². The number of sulfonamides is 1. The Morgan fingerprint density at radius 3 is 2.54 bits per heavy atom. The third kappa shape index (κ3) is 3.99. The average Bonchev–Trinajstić information content (AvgIpc) is 2.99. The molecule has 0 aromatic heterocycles. The van der Waals surface area contributed by atoms with E-state index in [0.717, 1.165) is 10.8 Å². The van der Waals surface area contributed by atoms with E-state index in [1.54, 1.807) is 51.4 Å². The van der Waals surface area contributed by atoms with Crippen LogP contribution < -0.4 is 4.72 Å². The Morgan fingerprint density at radius 2 is 1.86 bits per heavy atom. The minimum Gasteiger partial charge on any atom is -0.347 e. The number of nitrogens with zero attached hydrogens (tertiary/aromatic N) is 2. The highest BCUT2D eigenvalue weighted by Crippen LogP contribution is 2.24. The molecule has 0 radical (unpaired) electrons. The first-order chi connectivity index (χ1) is 13.1. The summed E-state index contributed by atoms with van der Waals surface area (Å²) < 4.78 is 28.0. The van der Waals surface area contributed by atoms with Gasteiger partial charge in [-0.25, -0.2) is 8.42 Å². The molecule has 0 saturated carbocycles. The van der Waals surface area contributed by atoms with Crippen LogP contribution in [0.5, 0.6) is 0 Å². The number of nitrogens with one attached hydrogen (secondary N) is 1. The number of carbonyl (C=O) groups is 2. The zero-order chi connectivity index (χ0) is 20.6. The summed E-state index contributed by atoms with van der Waals surface area (Å²) >= 11 is 5.96. The fourth-order valence-electron chi connectivity index (χ4n) is 3.32. The largest absolute Gasteiger partial charge is 0.347 e. The van der Waals surface area contributed by atoms with E-state index in [-0.39, 0.29) is 16.7 Å². The Balaban J connectivity index is 1.78. The lowest BCUT2D eigenvalue weighted by atomic mass is 10.1. The fourth-order valence-corrected chi connectivity index (χ4v) is 4.76. The van der Waals surface area contributed by atoms with Gasteiger partial charge in [0, 0.05) is 25.7 Å². The normalized spacial score (nSPS) is 18.5. The summed E-state index contributed by atoms with van der Waals surface area (Å²) in [5.74, 6) is -0.594. The summed E-state index contributed by atoms with van der Waals surface area (Å²) in [6.07, 6.45) is 0.312. The molecule has 2 aromatic carbocycles. The van der Waals surface area contributed by atoms with E-state index in [1.165, 1.54) is 15.9 Å². The SMILES string of the molecule is CC(C(=O)N(C)C)N1CCC(NS(=O)(=O)c2ccc3cc(Cl)ccc3c2)C1=O. The molecule has 2 atom stereocenters. The van der Waals surface area contributed by atoms with Crippen LogP contribution in [0.25, 0.3) is 10.8 Å². The number of hydrogen-bond donors (Lipinski definition) is 1. The highest BCUT2D eigenvalue weighted by molar-refractivity contribution is 7.89. The van der Waals surface area contributed by atoms with Crippen LogP contribution in [0, 0.1) is 0 Å². The molecule has 1 N–H and O–H groups in total. The summed E-state index contributed by atoms with van der Waals surface area (Å²) in [7, 11) is -0.655. The lowest BCUT2D eigenvalue weighted by molar-refractivity contribution is -0.141. The lowest BCUT2D eigenvalue weighted by Crippen LogP contribution is -2.48. The standard InChI is InChI=1S/C19H22ClN3O4S/c1-12(18(24)22(2)3)23-9-8-17(19(23)25)21-28(26,27)16-7-5-13-10-15(20)6-4-14(13)11-16/h4-7,10-12,17,21H,8-9H2,1-3H3. The van der Waals surface area contributed by atoms with Crippen molar-refractivity contribution in [1.82, 2.24) is 14.5 Å². The first-order valence-corrected chi connectivity index (χ1v) is 10.7. The molecule has 1 heterocycles. The third-order valence-corrected chi connectivity index (χ3v) is 6.59. The molecule has 2 unspecified atom stereocenters. The van der Waals surface area contributed by atoms with Gasteiger partial charge in [0.2, 0.25) is 21.8 Å². The molecular weight excluding hydrogens is 402 g/mol. The molecule has 0 spiro atoms. The van der Waals surface area contributed by atoms with E-state index < -0.39 is 22.1 Å². The summed E-state index contributed by atoms with van der Waals surface area (Å²) in [4.78, 5) is 27.7. The number of amides is 2. The van der Waals surface area contributed by atoms with E-state index in [1.807, 2.05) is 0 Å². The van der Waals surface area contributed by atoms with Gasteiger partial charge in [0.25, 0.3) is 0 Å². The predicted molar refractivity (Wildman–Crippen MR) is 108 cm³/mol. The smallest absolute Gasteiger partial charge is 0.244 e. The van der Waals surface area contributed by atoms with Crippen LogP contribution in [0.1, 0.15) is 13.3 Å². The van der Waals surface area contributed by atoms with E-state index >= 15 is 0 Å². The average molecular weight is 424 g/mol. The van der Waals surface area contributed by atoms with Gasteiger partial charge < -0.3 is 9.80 Å². The van der Waals surface area contributed by atoms with E-state index in [0.29, 0.717) is 18.0 Å². The van der Waals surface area contributed by atoms with Crippen molar-refractivity contribution in [2.24, 2.45) is 0 Å². The Morgan fingerprint density at radius 1 is 1.21 bits per heavy atom. The van der Waals surface area contributed by atoms with Crippen molar-refractivity contribution in [3.8, 4) is 0 Å². The fraction of sp³-hybridized carbons (Fsp3) is 0.368. The van der Waals surface area contributed by atoms with Crippen LogP contribution in [0.2, 0.25) is 5.02 Å². The number of benzene rings is 2. The molecule has 2 amide bonds. The summed E-state index contributed by atoms with van der Waals surface area (Å²) in [6, 6.07) is 8.37. The minimum absolute atomic E-state index is 0.0750. The van der Waals surface area contributed by atoms with Crippen molar-refractivity contribution in [2.75, 3.05) is 20.6 Å². The van der Waals surface area contributed by atoms with Gasteiger partial charge in [0.1, 0.15) is 12.1 Å². The second-order valence-corrected chi connectivity index (χ2v) is 9.21. The minimum atomic E-state index is -3.89. The lowest BCUT2D eigenvalue weighted by Gasteiger charge is -2.26. The number of hydrogen-bond acceptors (Lipinski definition) is 4. The summed E-state index contributed by atoms with van der Waals surface area (Å²) in [6.45, 7) is 1.97. The molecule has 3 rings (SSSR count). The predicted octanol–water partition coefficient (Wildman–Crippen LogP) is 1.85. The Kier molecular flexibility index (Phi) is 5.65. The zero-order valence-electron chi connectivity index (χ0n) is 15.8. The summed E-state index contributed by atoms with van der Waals surface area (Å²) in [5, 5.41) is 2.13. The molecule has 2 aromatic rings. The number of rotatable bonds is 5. The van der Waals surface area contributed by atoms with Gasteiger partial charge in [-0.05, 0) is 48.4 Å². The summed E-state index contributed by atoms with van der Waals surface area (Å²) in [5.41, 5.74) is 0. The Bertz CT molecular complexity index is 1040. The molecule has 1 fully saturated rings. The van der Waals surface area contributed by atoms with Crippen LogP contribution in [0.15, 0.2) is 41.3 Å². The number of halogens is 1. The second-order valence-electron chi connectivity index (χ2n) is 7.06. The molecule has 0 aliphatic carbocycles. The maximum absolute atomic E-state index is 12.8. The van der Waals surface area contributed by atoms with Crippen LogP contribution in [-0.4, -0.2) is 62.8 Å². The number of carbonyl (C=O) groups excluding carboxylic acids is 2. The van der Waals surface area contributed by atoms with E-state index in [4.69, 9.17) is 11.6 Å². The first kappa shape index (κ1) is 20.6. The van der Waals surface area contributed by atoms with Gasteiger partial charge in [-0.15, -0.1) is 0 Å². The molecule has 150 valence electrons.